The SMILES string of the molecule is Cc1cccc(C)c1NC(=O)c1nc[nH]c1C(=O)Nc1nc2ccccc2[nH]1. The van der Waals surface area contributed by atoms with E-state index in [2.05, 4.69) is 30.6 Å². The van der Waals surface area contributed by atoms with Crippen LogP contribution in [0, 0.1) is 13.8 Å². The summed E-state index contributed by atoms with van der Waals surface area (Å²) in [6, 6.07) is 13.2. The third-order valence-corrected chi connectivity index (χ3v) is 4.42. The van der Waals surface area contributed by atoms with Gasteiger partial charge in [0.1, 0.15) is 5.69 Å². The van der Waals surface area contributed by atoms with Crippen molar-refractivity contribution in [1.29, 1.82) is 0 Å². The number of H-pyrrole nitrogens is 2. The zero-order valence-corrected chi connectivity index (χ0v) is 15.3. The van der Waals surface area contributed by atoms with Crippen LogP contribution in [-0.4, -0.2) is 31.8 Å². The zero-order chi connectivity index (χ0) is 19.7. The number of nitrogens with one attached hydrogen (secondary N) is 4. The number of carbonyl (C=O) groups is 2. The number of rotatable bonds is 4. The fourth-order valence-electron chi connectivity index (χ4n) is 3.01. The molecule has 0 spiro atoms. The van der Waals surface area contributed by atoms with Crippen molar-refractivity contribution in [3.05, 3.63) is 71.3 Å². The molecular formula is C20H18N6O2. The number of aryl methyl sites for hydroxylation is 2. The second-order valence-corrected chi connectivity index (χ2v) is 6.40. The maximum absolute atomic E-state index is 12.7. The molecule has 4 N–H and O–H groups in total. The molecule has 4 rings (SSSR count). The summed E-state index contributed by atoms with van der Waals surface area (Å²) in [5.41, 5.74) is 4.17. The van der Waals surface area contributed by atoms with Crippen LogP contribution in [0.25, 0.3) is 11.0 Å². The number of hydrogen-bond donors (Lipinski definition) is 4. The zero-order valence-electron chi connectivity index (χ0n) is 15.3. The van der Waals surface area contributed by atoms with Gasteiger partial charge in [0.15, 0.2) is 5.69 Å². The molecule has 0 radical (unpaired) electrons. The van der Waals surface area contributed by atoms with E-state index >= 15 is 0 Å². The molecule has 0 aliphatic rings. The van der Waals surface area contributed by atoms with Crippen LogP contribution >= 0.6 is 0 Å². The van der Waals surface area contributed by atoms with E-state index in [1.54, 1.807) is 0 Å². The number of nitrogens with zero attached hydrogens (tertiary/aromatic N) is 2. The first-order valence-electron chi connectivity index (χ1n) is 8.70. The minimum Gasteiger partial charge on any atom is -0.340 e. The third-order valence-electron chi connectivity index (χ3n) is 4.42. The summed E-state index contributed by atoms with van der Waals surface area (Å²) in [6.07, 6.45) is 1.31. The Morgan fingerprint density at radius 2 is 1.68 bits per heavy atom. The first kappa shape index (κ1) is 17.5. The molecule has 0 unspecified atom stereocenters. The number of anilines is 2. The van der Waals surface area contributed by atoms with Gasteiger partial charge in [0.2, 0.25) is 5.95 Å². The predicted octanol–water partition coefficient (Wildman–Crippen LogP) is 3.41. The minimum absolute atomic E-state index is 0.0104. The van der Waals surface area contributed by atoms with E-state index in [-0.39, 0.29) is 11.4 Å². The van der Waals surface area contributed by atoms with E-state index in [9.17, 15) is 9.59 Å². The average molecular weight is 374 g/mol. The first-order valence-corrected chi connectivity index (χ1v) is 8.70. The molecular weight excluding hydrogens is 356 g/mol. The van der Waals surface area contributed by atoms with Crippen LogP contribution in [0.2, 0.25) is 0 Å². The summed E-state index contributed by atoms with van der Waals surface area (Å²) < 4.78 is 0. The monoisotopic (exact) mass is 374 g/mol. The second kappa shape index (κ2) is 6.99. The van der Waals surface area contributed by atoms with Gasteiger partial charge in [-0.1, -0.05) is 30.3 Å². The Kier molecular flexibility index (Phi) is 4.36. The van der Waals surface area contributed by atoms with Crippen molar-refractivity contribution >= 4 is 34.5 Å². The van der Waals surface area contributed by atoms with E-state index in [1.165, 1.54) is 6.33 Å². The van der Waals surface area contributed by atoms with E-state index in [1.807, 2.05) is 56.3 Å². The lowest BCUT2D eigenvalue weighted by molar-refractivity contribution is 0.0985. The smallest absolute Gasteiger partial charge is 0.276 e. The predicted molar refractivity (Wildman–Crippen MR) is 107 cm³/mol. The highest BCUT2D eigenvalue weighted by Crippen LogP contribution is 2.21. The molecule has 0 saturated carbocycles. The summed E-state index contributed by atoms with van der Waals surface area (Å²) in [4.78, 5) is 39.4. The lowest BCUT2D eigenvalue weighted by Gasteiger charge is -2.11. The summed E-state index contributed by atoms with van der Waals surface area (Å²) in [5, 5.41) is 5.50. The van der Waals surface area contributed by atoms with Gasteiger partial charge in [-0.05, 0) is 37.1 Å². The number of aromatic nitrogens is 4. The van der Waals surface area contributed by atoms with Gasteiger partial charge in [0.05, 0.1) is 17.4 Å². The van der Waals surface area contributed by atoms with Crippen LogP contribution in [0.5, 0.6) is 0 Å². The standard InChI is InChI=1S/C20H18N6O2/c1-11-6-5-7-12(2)15(11)25-18(27)16-17(22-10-21-16)19(28)26-20-23-13-8-3-4-9-14(13)24-20/h3-10H,1-2H3,(H,21,22)(H,25,27)(H2,23,24,26,28). The number of benzene rings is 2. The number of hydrogen-bond acceptors (Lipinski definition) is 4. The Labute approximate surface area is 160 Å². The van der Waals surface area contributed by atoms with Crippen molar-refractivity contribution in [3.63, 3.8) is 0 Å². The lowest BCUT2D eigenvalue weighted by atomic mass is 10.1. The molecule has 0 bridgehead atoms. The molecule has 2 aromatic carbocycles. The van der Waals surface area contributed by atoms with E-state index in [0.29, 0.717) is 11.6 Å². The number of carbonyl (C=O) groups excluding carboxylic acids is 2. The molecule has 4 aromatic rings. The van der Waals surface area contributed by atoms with E-state index in [4.69, 9.17) is 0 Å². The van der Waals surface area contributed by atoms with Crippen molar-refractivity contribution in [2.45, 2.75) is 13.8 Å². The van der Waals surface area contributed by atoms with Gasteiger partial charge in [-0.15, -0.1) is 0 Å². The Hall–Kier alpha value is -3.94. The maximum Gasteiger partial charge on any atom is 0.276 e. The molecule has 140 valence electrons. The fourth-order valence-corrected chi connectivity index (χ4v) is 3.01. The van der Waals surface area contributed by atoms with Gasteiger partial charge < -0.3 is 15.3 Å². The summed E-state index contributed by atoms with van der Waals surface area (Å²) in [5.74, 6) is -0.682. The van der Waals surface area contributed by atoms with E-state index < -0.39 is 11.8 Å². The molecule has 0 saturated heterocycles. The summed E-state index contributed by atoms with van der Waals surface area (Å²) in [7, 11) is 0. The quantitative estimate of drug-likeness (QED) is 0.438. The van der Waals surface area contributed by atoms with Gasteiger partial charge in [0, 0.05) is 5.69 Å². The minimum atomic E-state index is -0.511. The Balaban J connectivity index is 1.56. The maximum atomic E-state index is 12.7. The summed E-state index contributed by atoms with van der Waals surface area (Å²) >= 11 is 0. The lowest BCUT2D eigenvalue weighted by Crippen LogP contribution is -2.21. The number of fused-ring (bicyclic) bond motifs is 1. The van der Waals surface area contributed by atoms with Crippen LogP contribution in [0.1, 0.15) is 32.1 Å². The molecule has 2 amide bonds. The molecule has 28 heavy (non-hydrogen) atoms. The van der Waals surface area contributed by atoms with Crippen LogP contribution in [0.4, 0.5) is 11.6 Å². The van der Waals surface area contributed by atoms with Crippen LogP contribution < -0.4 is 10.6 Å². The highest BCUT2D eigenvalue weighted by molar-refractivity contribution is 6.13. The van der Waals surface area contributed by atoms with Crippen LogP contribution in [-0.2, 0) is 0 Å². The van der Waals surface area contributed by atoms with Gasteiger partial charge in [-0.25, -0.2) is 9.97 Å². The summed E-state index contributed by atoms with van der Waals surface area (Å²) in [6.45, 7) is 3.81. The van der Waals surface area contributed by atoms with Gasteiger partial charge >= 0.3 is 0 Å². The first-order chi connectivity index (χ1) is 13.5. The third kappa shape index (κ3) is 3.23. The molecule has 0 atom stereocenters. The topological polar surface area (TPSA) is 116 Å². The van der Waals surface area contributed by atoms with Crippen LogP contribution in [0.15, 0.2) is 48.8 Å². The van der Waals surface area contributed by atoms with E-state index in [0.717, 1.165) is 22.2 Å². The Morgan fingerprint density at radius 1 is 0.929 bits per heavy atom. The molecule has 0 fully saturated rings. The van der Waals surface area contributed by atoms with Crippen LogP contribution in [0.3, 0.4) is 0 Å². The normalized spacial score (nSPS) is 10.8. The molecule has 0 aliphatic carbocycles. The van der Waals surface area contributed by atoms with Crippen molar-refractivity contribution < 1.29 is 9.59 Å². The van der Waals surface area contributed by atoms with Gasteiger partial charge in [-0.3, -0.25) is 14.9 Å². The molecule has 8 nitrogen and oxygen atoms in total. The average Bonchev–Trinajstić information content (AvgIpc) is 3.31. The molecule has 2 aromatic heterocycles. The number of para-hydroxylation sites is 3. The molecule has 8 heteroatoms. The van der Waals surface area contributed by atoms with Crippen molar-refractivity contribution in [2.24, 2.45) is 0 Å². The van der Waals surface area contributed by atoms with Crippen molar-refractivity contribution in [2.75, 3.05) is 10.6 Å². The van der Waals surface area contributed by atoms with Crippen molar-refractivity contribution in [1.82, 2.24) is 19.9 Å². The number of imidazole rings is 2. The largest absolute Gasteiger partial charge is 0.340 e. The molecule has 2 heterocycles. The number of amides is 2. The highest BCUT2D eigenvalue weighted by atomic mass is 16.2. The molecule has 0 aliphatic heterocycles. The van der Waals surface area contributed by atoms with Gasteiger partial charge in [0.25, 0.3) is 11.8 Å². The highest BCUT2D eigenvalue weighted by Gasteiger charge is 2.22. The van der Waals surface area contributed by atoms with Crippen molar-refractivity contribution in [3.8, 4) is 0 Å². The second-order valence-electron chi connectivity index (χ2n) is 6.40. The van der Waals surface area contributed by atoms with Gasteiger partial charge in [-0.2, -0.15) is 0 Å². The Bertz CT molecular complexity index is 1140. The fraction of sp³-hybridized carbons (Fsp3) is 0.100. The Morgan fingerprint density at radius 3 is 2.43 bits per heavy atom. The number of aromatic amines is 2.